The van der Waals surface area contributed by atoms with Gasteiger partial charge in [0.15, 0.2) is 11.5 Å². The molecule has 5 heteroatoms. The molecule has 0 bridgehead atoms. The summed E-state index contributed by atoms with van der Waals surface area (Å²) in [5.41, 5.74) is 0.975. The standard InChI is InChI=1S/C25H27F2NO2/c1-16(2)14-29-22-11-8-18(13-23(22)30-15-17(3)4)24-20(26)10-9-19(25(24)27)21-7-5-6-12-28-21/h5-13,16-17H,14-15H2,1-4H3. The Bertz CT molecular complexity index is 988. The van der Waals surface area contributed by atoms with Gasteiger partial charge in [-0.1, -0.05) is 39.8 Å². The number of aromatic nitrogens is 1. The zero-order chi connectivity index (χ0) is 21.7. The Balaban J connectivity index is 2.05. The van der Waals surface area contributed by atoms with Crippen molar-refractivity contribution in [2.24, 2.45) is 11.8 Å². The quantitative estimate of drug-likeness (QED) is 0.410. The Hall–Kier alpha value is -2.95. The monoisotopic (exact) mass is 411 g/mol. The molecule has 1 aromatic heterocycles. The fraction of sp³-hybridized carbons (Fsp3) is 0.320. The molecular formula is C25H27F2NO2. The van der Waals surface area contributed by atoms with E-state index < -0.39 is 11.6 Å². The van der Waals surface area contributed by atoms with E-state index in [9.17, 15) is 4.39 Å². The maximum atomic E-state index is 15.4. The highest BCUT2D eigenvalue weighted by Gasteiger charge is 2.19. The topological polar surface area (TPSA) is 31.4 Å². The minimum absolute atomic E-state index is 0.108. The normalized spacial score (nSPS) is 11.2. The Morgan fingerprint density at radius 3 is 2.17 bits per heavy atom. The van der Waals surface area contributed by atoms with Crippen LogP contribution in [0, 0.1) is 23.5 Å². The molecule has 0 saturated carbocycles. The fourth-order valence-electron chi connectivity index (χ4n) is 2.95. The van der Waals surface area contributed by atoms with Crippen LogP contribution < -0.4 is 9.47 Å². The second-order valence-corrected chi connectivity index (χ2v) is 8.07. The van der Waals surface area contributed by atoms with Crippen LogP contribution >= 0.6 is 0 Å². The molecule has 0 amide bonds. The van der Waals surface area contributed by atoms with Crippen LogP contribution in [0.2, 0.25) is 0 Å². The molecule has 0 fully saturated rings. The third-order valence-electron chi connectivity index (χ3n) is 4.41. The van der Waals surface area contributed by atoms with Gasteiger partial charge >= 0.3 is 0 Å². The van der Waals surface area contributed by atoms with Crippen LogP contribution in [0.15, 0.2) is 54.7 Å². The number of benzene rings is 2. The third kappa shape index (κ3) is 5.15. The maximum absolute atomic E-state index is 15.4. The predicted molar refractivity (Wildman–Crippen MR) is 116 cm³/mol. The summed E-state index contributed by atoms with van der Waals surface area (Å²) >= 11 is 0. The van der Waals surface area contributed by atoms with Gasteiger partial charge in [0.2, 0.25) is 0 Å². The first-order valence-corrected chi connectivity index (χ1v) is 10.2. The maximum Gasteiger partial charge on any atom is 0.161 e. The van der Waals surface area contributed by atoms with Gasteiger partial charge in [-0.25, -0.2) is 8.78 Å². The minimum Gasteiger partial charge on any atom is -0.489 e. The molecule has 3 aromatic rings. The van der Waals surface area contributed by atoms with Crippen molar-refractivity contribution in [2.45, 2.75) is 27.7 Å². The van der Waals surface area contributed by atoms with Gasteiger partial charge in [0.25, 0.3) is 0 Å². The SMILES string of the molecule is CC(C)COc1ccc(-c2c(F)ccc(-c3ccccn3)c2F)cc1OCC(C)C. The van der Waals surface area contributed by atoms with Crippen LogP contribution in [-0.2, 0) is 0 Å². The van der Waals surface area contributed by atoms with E-state index in [4.69, 9.17) is 9.47 Å². The number of ether oxygens (including phenoxy) is 2. The van der Waals surface area contributed by atoms with Gasteiger partial charge in [-0.2, -0.15) is 0 Å². The number of rotatable bonds is 8. The van der Waals surface area contributed by atoms with Crippen molar-refractivity contribution < 1.29 is 18.3 Å². The molecule has 0 atom stereocenters. The van der Waals surface area contributed by atoms with Crippen molar-refractivity contribution >= 4 is 0 Å². The van der Waals surface area contributed by atoms with Gasteiger partial charge in [-0.15, -0.1) is 0 Å². The van der Waals surface area contributed by atoms with Gasteiger partial charge in [-0.3, -0.25) is 4.98 Å². The van der Waals surface area contributed by atoms with Gasteiger partial charge in [0, 0.05) is 11.8 Å². The van der Waals surface area contributed by atoms with Crippen molar-refractivity contribution in [3.05, 3.63) is 66.4 Å². The molecule has 1 heterocycles. The first-order valence-electron chi connectivity index (χ1n) is 10.2. The lowest BCUT2D eigenvalue weighted by Gasteiger charge is -2.17. The van der Waals surface area contributed by atoms with Gasteiger partial charge in [0.05, 0.1) is 24.5 Å². The third-order valence-corrected chi connectivity index (χ3v) is 4.41. The van der Waals surface area contributed by atoms with Crippen molar-refractivity contribution in [3.63, 3.8) is 0 Å². The Kier molecular flexibility index (Phi) is 7.03. The minimum atomic E-state index is -0.653. The molecule has 2 aromatic carbocycles. The molecule has 0 aliphatic heterocycles. The van der Waals surface area contributed by atoms with Crippen LogP contribution in [0.4, 0.5) is 8.78 Å². The van der Waals surface area contributed by atoms with Crippen LogP contribution in [0.5, 0.6) is 11.5 Å². The number of hydrogen-bond donors (Lipinski definition) is 0. The highest BCUT2D eigenvalue weighted by molar-refractivity contribution is 5.74. The van der Waals surface area contributed by atoms with Gasteiger partial charge in [-0.05, 0) is 53.8 Å². The Morgan fingerprint density at radius 2 is 1.53 bits per heavy atom. The second-order valence-electron chi connectivity index (χ2n) is 8.07. The molecule has 3 rings (SSSR count). The van der Waals surface area contributed by atoms with Crippen LogP contribution in [0.3, 0.4) is 0 Å². The summed E-state index contributed by atoms with van der Waals surface area (Å²) in [6, 6.07) is 12.9. The number of nitrogens with zero attached hydrogens (tertiary/aromatic N) is 1. The number of pyridine rings is 1. The van der Waals surface area contributed by atoms with Crippen molar-refractivity contribution in [1.29, 1.82) is 0 Å². The first kappa shape index (κ1) is 21.8. The lowest BCUT2D eigenvalue weighted by atomic mass is 9.99. The molecule has 0 radical (unpaired) electrons. The zero-order valence-corrected chi connectivity index (χ0v) is 17.8. The van der Waals surface area contributed by atoms with E-state index in [1.807, 2.05) is 13.8 Å². The van der Waals surface area contributed by atoms with E-state index in [1.54, 1.807) is 42.6 Å². The zero-order valence-electron chi connectivity index (χ0n) is 17.8. The molecule has 0 unspecified atom stereocenters. The van der Waals surface area contributed by atoms with E-state index in [1.165, 1.54) is 12.1 Å². The molecular weight excluding hydrogens is 384 g/mol. The van der Waals surface area contributed by atoms with Crippen LogP contribution in [0.25, 0.3) is 22.4 Å². The van der Waals surface area contributed by atoms with E-state index >= 15 is 4.39 Å². The molecule has 0 N–H and O–H groups in total. The first-order chi connectivity index (χ1) is 14.4. The summed E-state index contributed by atoms with van der Waals surface area (Å²) in [4.78, 5) is 4.19. The molecule has 0 aliphatic carbocycles. The number of halogens is 2. The molecule has 3 nitrogen and oxygen atoms in total. The summed E-state index contributed by atoms with van der Waals surface area (Å²) in [7, 11) is 0. The van der Waals surface area contributed by atoms with Crippen LogP contribution in [0.1, 0.15) is 27.7 Å². The highest BCUT2D eigenvalue weighted by atomic mass is 19.1. The van der Waals surface area contributed by atoms with Gasteiger partial charge in [0.1, 0.15) is 11.6 Å². The van der Waals surface area contributed by atoms with Crippen molar-refractivity contribution in [1.82, 2.24) is 4.98 Å². The molecule has 0 spiro atoms. The van der Waals surface area contributed by atoms with Gasteiger partial charge < -0.3 is 9.47 Å². The smallest absolute Gasteiger partial charge is 0.161 e. The van der Waals surface area contributed by atoms with E-state index in [-0.39, 0.29) is 11.1 Å². The summed E-state index contributed by atoms with van der Waals surface area (Å²) in [6.45, 7) is 9.17. The molecule has 0 saturated heterocycles. The lowest BCUT2D eigenvalue weighted by molar-refractivity contribution is 0.229. The predicted octanol–water partition coefficient (Wildman–Crippen LogP) is 6.76. The number of hydrogen-bond acceptors (Lipinski definition) is 3. The summed E-state index contributed by atoms with van der Waals surface area (Å²) < 4.78 is 41.8. The van der Waals surface area contributed by atoms with E-state index in [0.29, 0.717) is 47.8 Å². The van der Waals surface area contributed by atoms with Crippen molar-refractivity contribution in [2.75, 3.05) is 13.2 Å². The summed E-state index contributed by atoms with van der Waals surface area (Å²) in [6.07, 6.45) is 1.58. The average molecular weight is 411 g/mol. The lowest BCUT2D eigenvalue weighted by Crippen LogP contribution is -2.09. The fourth-order valence-corrected chi connectivity index (χ4v) is 2.95. The van der Waals surface area contributed by atoms with E-state index in [0.717, 1.165) is 0 Å². The summed E-state index contributed by atoms with van der Waals surface area (Å²) in [5, 5.41) is 0. The highest BCUT2D eigenvalue weighted by Crippen LogP contribution is 2.37. The van der Waals surface area contributed by atoms with Crippen LogP contribution in [-0.4, -0.2) is 18.2 Å². The van der Waals surface area contributed by atoms with E-state index in [2.05, 4.69) is 18.8 Å². The second kappa shape index (κ2) is 9.70. The largest absolute Gasteiger partial charge is 0.489 e. The average Bonchev–Trinajstić information content (AvgIpc) is 2.72. The Labute approximate surface area is 176 Å². The molecule has 30 heavy (non-hydrogen) atoms. The summed E-state index contributed by atoms with van der Waals surface area (Å²) in [5.74, 6) is 0.385. The van der Waals surface area contributed by atoms with Crippen molar-refractivity contribution in [3.8, 4) is 33.9 Å². The Morgan fingerprint density at radius 1 is 0.833 bits per heavy atom. The molecule has 0 aliphatic rings. The molecule has 158 valence electrons.